The molecule has 4 nitrogen and oxygen atoms in total. The van der Waals surface area contributed by atoms with E-state index in [1.165, 1.54) is 5.01 Å². The zero-order chi connectivity index (χ0) is 12.7. The lowest BCUT2D eigenvalue weighted by Crippen LogP contribution is -2.46. The summed E-state index contributed by atoms with van der Waals surface area (Å²) >= 11 is 0. The molecule has 0 aliphatic rings. The van der Waals surface area contributed by atoms with Crippen molar-refractivity contribution in [3.8, 4) is 0 Å². The summed E-state index contributed by atoms with van der Waals surface area (Å²) in [4.78, 5) is 23.4. The Hall–Kier alpha value is -1.84. The van der Waals surface area contributed by atoms with Gasteiger partial charge in [0.1, 0.15) is 0 Å². The van der Waals surface area contributed by atoms with E-state index in [1.54, 1.807) is 31.2 Å². The molecule has 0 spiro atoms. The van der Waals surface area contributed by atoms with E-state index in [2.05, 4.69) is 5.43 Å². The molecule has 0 heterocycles. The molecular weight excluding hydrogens is 216 g/mol. The lowest BCUT2D eigenvalue weighted by Gasteiger charge is -2.22. The van der Waals surface area contributed by atoms with Crippen molar-refractivity contribution >= 4 is 11.8 Å². The van der Waals surface area contributed by atoms with E-state index in [1.807, 2.05) is 13.0 Å². The average molecular weight is 234 g/mol. The van der Waals surface area contributed by atoms with Crippen LogP contribution in [0.3, 0.4) is 0 Å². The molecule has 1 aromatic rings. The van der Waals surface area contributed by atoms with Crippen LogP contribution in [0.15, 0.2) is 30.3 Å². The number of hydrazine groups is 1. The number of carbonyl (C=O) groups is 2. The summed E-state index contributed by atoms with van der Waals surface area (Å²) < 4.78 is 0. The standard InChI is InChI=1S/C13H18N2O2/c1-3-10-15(12(16)4-2)14-13(17)11-8-6-5-7-9-11/h5-9H,3-4,10H2,1-2H3,(H,14,17). The van der Waals surface area contributed by atoms with Crippen molar-refractivity contribution in [3.63, 3.8) is 0 Å². The molecule has 17 heavy (non-hydrogen) atoms. The number of hydrogen-bond acceptors (Lipinski definition) is 2. The summed E-state index contributed by atoms with van der Waals surface area (Å²) in [6.45, 7) is 4.27. The summed E-state index contributed by atoms with van der Waals surface area (Å²) in [5.74, 6) is -0.322. The fourth-order valence-electron chi connectivity index (χ4n) is 1.43. The van der Waals surface area contributed by atoms with Crippen LogP contribution in [-0.4, -0.2) is 23.4 Å². The highest BCUT2D eigenvalue weighted by Gasteiger charge is 2.14. The highest BCUT2D eigenvalue weighted by atomic mass is 16.2. The van der Waals surface area contributed by atoms with E-state index in [9.17, 15) is 9.59 Å². The first-order valence-corrected chi connectivity index (χ1v) is 5.85. The van der Waals surface area contributed by atoms with Crippen molar-refractivity contribution in [1.29, 1.82) is 0 Å². The third-order valence-corrected chi connectivity index (χ3v) is 2.32. The highest BCUT2D eigenvalue weighted by Crippen LogP contribution is 2.00. The minimum atomic E-state index is -0.249. The Morgan fingerprint density at radius 2 is 1.82 bits per heavy atom. The number of carbonyl (C=O) groups excluding carboxylic acids is 2. The van der Waals surface area contributed by atoms with Crippen LogP contribution in [0, 0.1) is 0 Å². The molecular formula is C13H18N2O2. The Morgan fingerprint density at radius 3 is 2.35 bits per heavy atom. The third kappa shape index (κ3) is 3.90. The molecule has 0 aromatic heterocycles. The Labute approximate surface area is 102 Å². The molecule has 1 aromatic carbocycles. The van der Waals surface area contributed by atoms with Crippen molar-refractivity contribution in [3.05, 3.63) is 35.9 Å². The summed E-state index contributed by atoms with van der Waals surface area (Å²) in [7, 11) is 0. The van der Waals surface area contributed by atoms with Gasteiger partial charge in [-0.05, 0) is 18.6 Å². The maximum Gasteiger partial charge on any atom is 0.269 e. The molecule has 0 saturated heterocycles. The molecule has 1 rings (SSSR count). The number of hydrogen-bond donors (Lipinski definition) is 1. The predicted molar refractivity (Wildman–Crippen MR) is 66.2 cm³/mol. The summed E-state index contributed by atoms with van der Waals surface area (Å²) in [5.41, 5.74) is 3.18. The van der Waals surface area contributed by atoms with Gasteiger partial charge in [0.2, 0.25) is 5.91 Å². The topological polar surface area (TPSA) is 49.4 Å². The molecule has 0 fully saturated rings. The number of benzene rings is 1. The number of amides is 2. The van der Waals surface area contributed by atoms with Gasteiger partial charge in [-0.15, -0.1) is 0 Å². The Bertz CT molecular complexity index is 376. The van der Waals surface area contributed by atoms with Gasteiger partial charge in [0, 0.05) is 18.5 Å². The van der Waals surface area contributed by atoms with Gasteiger partial charge in [0.05, 0.1) is 0 Å². The average Bonchev–Trinajstić information content (AvgIpc) is 2.38. The van der Waals surface area contributed by atoms with E-state index in [-0.39, 0.29) is 11.8 Å². The van der Waals surface area contributed by atoms with Gasteiger partial charge in [0.15, 0.2) is 0 Å². The lowest BCUT2D eigenvalue weighted by molar-refractivity contribution is -0.133. The molecule has 4 heteroatoms. The van der Waals surface area contributed by atoms with Crippen LogP contribution in [-0.2, 0) is 4.79 Å². The van der Waals surface area contributed by atoms with Crippen molar-refractivity contribution in [2.75, 3.05) is 6.54 Å². The van der Waals surface area contributed by atoms with Crippen molar-refractivity contribution in [1.82, 2.24) is 10.4 Å². The molecule has 0 bridgehead atoms. The fourth-order valence-corrected chi connectivity index (χ4v) is 1.43. The van der Waals surface area contributed by atoms with Gasteiger partial charge < -0.3 is 0 Å². The third-order valence-electron chi connectivity index (χ3n) is 2.32. The second-order valence-corrected chi connectivity index (χ2v) is 3.71. The first-order valence-electron chi connectivity index (χ1n) is 5.85. The Balaban J connectivity index is 2.67. The van der Waals surface area contributed by atoms with E-state index in [0.29, 0.717) is 18.5 Å². The smallest absolute Gasteiger partial charge is 0.269 e. The molecule has 2 amide bonds. The van der Waals surface area contributed by atoms with E-state index >= 15 is 0 Å². The normalized spacial score (nSPS) is 9.76. The second kappa shape index (κ2) is 6.68. The van der Waals surface area contributed by atoms with Crippen molar-refractivity contribution < 1.29 is 9.59 Å². The Kier molecular flexibility index (Phi) is 5.20. The largest absolute Gasteiger partial charge is 0.273 e. The fraction of sp³-hybridized carbons (Fsp3) is 0.385. The molecule has 0 aliphatic carbocycles. The highest BCUT2D eigenvalue weighted by molar-refractivity contribution is 5.95. The van der Waals surface area contributed by atoms with Gasteiger partial charge in [-0.2, -0.15) is 0 Å². The molecule has 0 atom stereocenters. The Morgan fingerprint density at radius 1 is 1.18 bits per heavy atom. The number of nitrogens with one attached hydrogen (secondary N) is 1. The first kappa shape index (κ1) is 13.2. The minimum absolute atomic E-state index is 0.0730. The lowest BCUT2D eigenvalue weighted by atomic mass is 10.2. The monoisotopic (exact) mass is 234 g/mol. The zero-order valence-corrected chi connectivity index (χ0v) is 10.3. The minimum Gasteiger partial charge on any atom is -0.273 e. The summed E-state index contributed by atoms with van der Waals surface area (Å²) in [5, 5.41) is 1.38. The van der Waals surface area contributed by atoms with Crippen LogP contribution in [0.5, 0.6) is 0 Å². The molecule has 0 radical (unpaired) electrons. The molecule has 92 valence electrons. The maximum absolute atomic E-state index is 11.8. The van der Waals surface area contributed by atoms with Gasteiger partial charge in [-0.3, -0.25) is 20.0 Å². The number of nitrogens with zero attached hydrogens (tertiary/aromatic N) is 1. The predicted octanol–water partition coefficient (Wildman–Crippen LogP) is 1.98. The van der Waals surface area contributed by atoms with Gasteiger partial charge in [-0.25, -0.2) is 0 Å². The van der Waals surface area contributed by atoms with Gasteiger partial charge in [0.25, 0.3) is 5.91 Å². The van der Waals surface area contributed by atoms with Gasteiger partial charge >= 0.3 is 0 Å². The SMILES string of the molecule is CCCN(NC(=O)c1ccccc1)C(=O)CC. The van der Waals surface area contributed by atoms with E-state index in [0.717, 1.165) is 6.42 Å². The molecule has 0 aliphatic heterocycles. The number of rotatable bonds is 4. The quantitative estimate of drug-likeness (QED) is 0.810. The molecule has 0 unspecified atom stereocenters. The first-order chi connectivity index (χ1) is 8.19. The van der Waals surface area contributed by atoms with Crippen LogP contribution < -0.4 is 5.43 Å². The van der Waals surface area contributed by atoms with Crippen LogP contribution in [0.1, 0.15) is 37.0 Å². The van der Waals surface area contributed by atoms with E-state index < -0.39 is 0 Å². The van der Waals surface area contributed by atoms with E-state index in [4.69, 9.17) is 0 Å². The van der Waals surface area contributed by atoms with Crippen LogP contribution >= 0.6 is 0 Å². The van der Waals surface area contributed by atoms with Crippen molar-refractivity contribution in [2.24, 2.45) is 0 Å². The van der Waals surface area contributed by atoms with Crippen LogP contribution in [0.4, 0.5) is 0 Å². The maximum atomic E-state index is 11.8. The second-order valence-electron chi connectivity index (χ2n) is 3.71. The van der Waals surface area contributed by atoms with Crippen LogP contribution in [0.25, 0.3) is 0 Å². The summed E-state index contributed by atoms with van der Waals surface area (Å²) in [6.07, 6.45) is 1.19. The summed E-state index contributed by atoms with van der Waals surface area (Å²) in [6, 6.07) is 8.87. The van der Waals surface area contributed by atoms with Crippen molar-refractivity contribution in [2.45, 2.75) is 26.7 Å². The molecule has 0 saturated carbocycles. The van der Waals surface area contributed by atoms with Gasteiger partial charge in [-0.1, -0.05) is 32.0 Å². The molecule has 1 N–H and O–H groups in total. The zero-order valence-electron chi connectivity index (χ0n) is 10.3. The van der Waals surface area contributed by atoms with Crippen LogP contribution in [0.2, 0.25) is 0 Å².